The Morgan fingerprint density at radius 1 is 0.920 bits per heavy atom. The maximum Gasteiger partial charge on any atom is 0.291 e. The van der Waals surface area contributed by atoms with Crippen LogP contribution in [0.2, 0.25) is 5.02 Å². The molecule has 1 aromatic heterocycles. The highest BCUT2D eigenvalue weighted by atomic mass is 35.5. The van der Waals surface area contributed by atoms with Crippen molar-refractivity contribution in [2.45, 2.75) is 4.90 Å². The number of sulfonamides is 1. The van der Waals surface area contributed by atoms with Crippen molar-refractivity contribution in [3.63, 3.8) is 0 Å². The molecule has 0 aliphatic heterocycles. The SMILES string of the molecule is O=C(Nc1ccc(S(=O)(=O)Nc2ccc(Cl)cc2)cc1)c1ccco1. The summed E-state index contributed by atoms with van der Waals surface area (Å²) in [4.78, 5) is 11.9. The molecule has 2 aromatic carbocycles. The Kier molecular flexibility index (Phi) is 4.78. The van der Waals surface area contributed by atoms with Crippen molar-refractivity contribution < 1.29 is 17.6 Å². The Morgan fingerprint density at radius 2 is 1.56 bits per heavy atom. The summed E-state index contributed by atoms with van der Waals surface area (Å²) in [7, 11) is -3.74. The number of amides is 1. The molecule has 0 spiro atoms. The fraction of sp³-hybridized carbons (Fsp3) is 0. The third-order valence-corrected chi connectivity index (χ3v) is 4.91. The van der Waals surface area contributed by atoms with Crippen LogP contribution in [0.1, 0.15) is 10.6 Å². The van der Waals surface area contributed by atoms with Gasteiger partial charge in [0.15, 0.2) is 5.76 Å². The van der Waals surface area contributed by atoms with Gasteiger partial charge in [0.2, 0.25) is 0 Å². The first-order valence-corrected chi connectivity index (χ1v) is 9.03. The van der Waals surface area contributed by atoms with Gasteiger partial charge in [0.1, 0.15) is 0 Å². The van der Waals surface area contributed by atoms with Gasteiger partial charge in [-0.25, -0.2) is 8.42 Å². The van der Waals surface area contributed by atoms with Crippen LogP contribution >= 0.6 is 11.6 Å². The van der Waals surface area contributed by atoms with Crippen LogP contribution in [0.15, 0.2) is 76.2 Å². The van der Waals surface area contributed by atoms with E-state index in [9.17, 15) is 13.2 Å². The number of furan rings is 1. The van der Waals surface area contributed by atoms with Gasteiger partial charge >= 0.3 is 0 Å². The Hall–Kier alpha value is -2.77. The summed E-state index contributed by atoms with van der Waals surface area (Å²) < 4.78 is 32.2. The molecule has 1 heterocycles. The quantitative estimate of drug-likeness (QED) is 0.704. The van der Waals surface area contributed by atoms with E-state index in [1.165, 1.54) is 36.6 Å². The molecule has 0 bridgehead atoms. The molecule has 0 fully saturated rings. The fourth-order valence-electron chi connectivity index (χ4n) is 2.05. The lowest BCUT2D eigenvalue weighted by molar-refractivity contribution is 0.0996. The van der Waals surface area contributed by atoms with E-state index in [2.05, 4.69) is 10.0 Å². The lowest BCUT2D eigenvalue weighted by Gasteiger charge is -2.09. The second kappa shape index (κ2) is 7.00. The number of hydrogen-bond acceptors (Lipinski definition) is 4. The van der Waals surface area contributed by atoms with Crippen molar-refractivity contribution in [1.29, 1.82) is 0 Å². The molecular formula is C17H13ClN2O4S. The Balaban J connectivity index is 1.72. The zero-order valence-electron chi connectivity index (χ0n) is 12.8. The lowest BCUT2D eigenvalue weighted by atomic mass is 10.3. The molecule has 3 rings (SSSR count). The summed E-state index contributed by atoms with van der Waals surface area (Å²) in [5.74, 6) is -0.249. The molecule has 128 valence electrons. The van der Waals surface area contributed by atoms with Gasteiger partial charge in [-0.1, -0.05) is 11.6 Å². The molecule has 0 saturated carbocycles. The first-order valence-electron chi connectivity index (χ1n) is 7.17. The average Bonchev–Trinajstić information content (AvgIpc) is 3.12. The molecule has 6 nitrogen and oxygen atoms in total. The van der Waals surface area contributed by atoms with Crippen LogP contribution in [0.4, 0.5) is 11.4 Å². The normalized spacial score (nSPS) is 11.1. The molecule has 0 aliphatic rings. The predicted molar refractivity (Wildman–Crippen MR) is 95.4 cm³/mol. The third kappa shape index (κ3) is 4.20. The molecule has 0 saturated heterocycles. The second-order valence-electron chi connectivity index (χ2n) is 5.07. The minimum atomic E-state index is -3.74. The Labute approximate surface area is 149 Å². The summed E-state index contributed by atoms with van der Waals surface area (Å²) in [6.45, 7) is 0. The van der Waals surface area contributed by atoms with Gasteiger partial charge < -0.3 is 9.73 Å². The lowest BCUT2D eigenvalue weighted by Crippen LogP contribution is -2.14. The molecule has 1 amide bonds. The summed E-state index contributed by atoms with van der Waals surface area (Å²) in [5, 5.41) is 3.13. The summed E-state index contributed by atoms with van der Waals surface area (Å²) in [5.41, 5.74) is 0.853. The Bertz CT molecular complexity index is 967. The van der Waals surface area contributed by atoms with Gasteiger partial charge in [0, 0.05) is 16.4 Å². The highest BCUT2D eigenvalue weighted by Gasteiger charge is 2.15. The highest BCUT2D eigenvalue weighted by molar-refractivity contribution is 7.92. The van der Waals surface area contributed by atoms with E-state index in [0.29, 0.717) is 16.4 Å². The summed E-state index contributed by atoms with van der Waals surface area (Å²) in [6, 6.07) is 15.2. The van der Waals surface area contributed by atoms with Gasteiger partial charge in [0.05, 0.1) is 11.2 Å². The van der Waals surface area contributed by atoms with Crippen molar-refractivity contribution in [3.05, 3.63) is 77.7 Å². The zero-order chi connectivity index (χ0) is 17.9. The zero-order valence-corrected chi connectivity index (χ0v) is 14.3. The van der Waals surface area contributed by atoms with Gasteiger partial charge in [-0.2, -0.15) is 0 Å². The highest BCUT2D eigenvalue weighted by Crippen LogP contribution is 2.20. The van der Waals surface area contributed by atoms with Gasteiger partial charge in [-0.3, -0.25) is 9.52 Å². The standard InChI is InChI=1S/C17H13ClN2O4S/c18-12-3-5-14(6-4-12)20-25(22,23)15-9-7-13(8-10-15)19-17(21)16-2-1-11-24-16/h1-11,20H,(H,19,21). The van der Waals surface area contributed by atoms with Crippen LogP contribution in [-0.2, 0) is 10.0 Å². The molecular weight excluding hydrogens is 364 g/mol. The van der Waals surface area contributed by atoms with Crippen LogP contribution in [0.25, 0.3) is 0 Å². The van der Waals surface area contributed by atoms with E-state index in [-0.39, 0.29) is 10.7 Å². The minimum Gasteiger partial charge on any atom is -0.459 e. The van der Waals surface area contributed by atoms with Crippen LogP contribution in [0.5, 0.6) is 0 Å². The molecule has 25 heavy (non-hydrogen) atoms. The van der Waals surface area contributed by atoms with Crippen LogP contribution in [0.3, 0.4) is 0 Å². The van der Waals surface area contributed by atoms with Crippen LogP contribution < -0.4 is 10.0 Å². The summed E-state index contributed by atoms with van der Waals surface area (Å²) in [6.07, 6.45) is 1.40. The van der Waals surface area contributed by atoms with Gasteiger partial charge in [0.25, 0.3) is 15.9 Å². The predicted octanol–water partition coefficient (Wildman–Crippen LogP) is 3.99. The maximum absolute atomic E-state index is 12.4. The van der Waals surface area contributed by atoms with Gasteiger partial charge in [-0.05, 0) is 60.7 Å². The minimum absolute atomic E-state index is 0.0680. The van der Waals surface area contributed by atoms with Crippen molar-refractivity contribution in [1.82, 2.24) is 0 Å². The van der Waals surface area contributed by atoms with Crippen LogP contribution in [-0.4, -0.2) is 14.3 Å². The van der Waals surface area contributed by atoms with Crippen molar-refractivity contribution in [3.8, 4) is 0 Å². The van der Waals surface area contributed by atoms with E-state index in [1.807, 2.05) is 0 Å². The molecule has 0 aliphatic carbocycles. The van der Waals surface area contributed by atoms with E-state index in [0.717, 1.165) is 0 Å². The van der Waals surface area contributed by atoms with Crippen molar-refractivity contribution >= 4 is 38.9 Å². The van der Waals surface area contributed by atoms with Crippen molar-refractivity contribution in [2.75, 3.05) is 10.0 Å². The van der Waals surface area contributed by atoms with Crippen molar-refractivity contribution in [2.24, 2.45) is 0 Å². The van der Waals surface area contributed by atoms with E-state index in [1.54, 1.807) is 30.3 Å². The monoisotopic (exact) mass is 376 g/mol. The number of hydrogen-bond donors (Lipinski definition) is 2. The number of carbonyl (C=O) groups excluding carboxylic acids is 1. The molecule has 3 aromatic rings. The van der Waals surface area contributed by atoms with E-state index in [4.69, 9.17) is 16.0 Å². The number of benzene rings is 2. The second-order valence-corrected chi connectivity index (χ2v) is 7.19. The number of halogens is 1. The van der Waals surface area contributed by atoms with Crippen LogP contribution in [0, 0.1) is 0 Å². The Morgan fingerprint density at radius 3 is 2.16 bits per heavy atom. The van der Waals surface area contributed by atoms with Gasteiger partial charge in [-0.15, -0.1) is 0 Å². The fourth-order valence-corrected chi connectivity index (χ4v) is 3.23. The van der Waals surface area contributed by atoms with E-state index < -0.39 is 15.9 Å². The average molecular weight is 377 g/mol. The maximum atomic E-state index is 12.4. The largest absolute Gasteiger partial charge is 0.459 e. The number of nitrogens with one attached hydrogen (secondary N) is 2. The first kappa shape index (κ1) is 17.1. The van der Waals surface area contributed by atoms with E-state index >= 15 is 0 Å². The first-order chi connectivity index (χ1) is 11.9. The molecule has 8 heteroatoms. The molecule has 0 atom stereocenters. The summed E-state index contributed by atoms with van der Waals surface area (Å²) >= 11 is 5.78. The smallest absolute Gasteiger partial charge is 0.291 e. The molecule has 2 N–H and O–H groups in total. The number of anilines is 2. The third-order valence-electron chi connectivity index (χ3n) is 3.26. The molecule has 0 unspecified atom stereocenters. The molecule has 0 radical (unpaired) electrons. The number of rotatable bonds is 5. The number of carbonyl (C=O) groups is 1. The topological polar surface area (TPSA) is 88.4 Å².